The van der Waals surface area contributed by atoms with Gasteiger partial charge in [-0.3, -0.25) is 0 Å². The number of hydrogen-bond donors (Lipinski definition) is 1. The maximum absolute atomic E-state index is 12.4. The Labute approximate surface area is 193 Å². The second kappa shape index (κ2) is 11.7. The Morgan fingerprint density at radius 2 is 1.75 bits per heavy atom. The largest absolute Gasteiger partial charge is 0.365 e. The van der Waals surface area contributed by atoms with E-state index < -0.39 is 0 Å². The van der Waals surface area contributed by atoms with Crippen LogP contribution in [0.4, 0.5) is 4.39 Å². The zero-order valence-corrected chi connectivity index (χ0v) is 20.8. The van der Waals surface area contributed by atoms with Gasteiger partial charge in [0.2, 0.25) is 0 Å². The van der Waals surface area contributed by atoms with Gasteiger partial charge in [-0.15, -0.1) is 0 Å². The molecule has 32 heavy (non-hydrogen) atoms. The number of carbonyl (C=O) groups is 1. The smallest absolute Gasteiger partial charge is 0.149 e. The molecule has 3 atom stereocenters. The van der Waals surface area contributed by atoms with E-state index in [1.807, 2.05) is 40.7 Å². The van der Waals surface area contributed by atoms with Crippen molar-refractivity contribution in [2.75, 3.05) is 6.54 Å². The Balaban J connectivity index is 0.000000336. The van der Waals surface area contributed by atoms with Crippen LogP contribution in [-0.2, 0) is 16.0 Å². The molecule has 0 radical (unpaired) electrons. The van der Waals surface area contributed by atoms with Crippen LogP contribution in [0.2, 0.25) is 0 Å². The summed E-state index contributed by atoms with van der Waals surface area (Å²) in [7, 11) is 0. The second-order valence-corrected chi connectivity index (χ2v) is 10.2. The fourth-order valence-corrected chi connectivity index (χ4v) is 4.18. The number of fused-ring (bicyclic) bond motifs is 1. The Morgan fingerprint density at radius 3 is 2.31 bits per heavy atom. The number of benzene rings is 2. The number of halogens is 1. The van der Waals surface area contributed by atoms with Crippen LogP contribution >= 0.6 is 0 Å². The Morgan fingerprint density at radius 1 is 1.09 bits per heavy atom. The number of hydrogen-bond acceptors (Lipinski definition) is 3. The maximum atomic E-state index is 12.4. The van der Waals surface area contributed by atoms with E-state index in [0.717, 1.165) is 30.4 Å². The molecule has 4 heteroatoms. The van der Waals surface area contributed by atoms with Crippen molar-refractivity contribution in [1.29, 1.82) is 0 Å². The average molecular weight is 442 g/mol. The topological polar surface area (TPSA) is 38.3 Å². The van der Waals surface area contributed by atoms with E-state index in [2.05, 4.69) is 37.4 Å². The summed E-state index contributed by atoms with van der Waals surface area (Å²) in [5, 5.41) is 3.67. The quantitative estimate of drug-likeness (QED) is 0.526. The molecular formula is C28H40FNO2. The van der Waals surface area contributed by atoms with Crippen LogP contribution < -0.4 is 5.32 Å². The van der Waals surface area contributed by atoms with Crippen LogP contribution in [0.25, 0.3) is 0 Å². The summed E-state index contributed by atoms with van der Waals surface area (Å²) < 4.78 is 18.3. The first-order valence-corrected chi connectivity index (χ1v) is 11.7. The van der Waals surface area contributed by atoms with Crippen LogP contribution in [-0.4, -0.2) is 24.5 Å². The highest BCUT2D eigenvalue weighted by Gasteiger charge is 2.26. The van der Waals surface area contributed by atoms with Gasteiger partial charge in [0.15, 0.2) is 0 Å². The maximum Gasteiger partial charge on any atom is 0.149 e. The number of nitrogens with one attached hydrogen (secondary N) is 1. The molecule has 0 heterocycles. The van der Waals surface area contributed by atoms with Crippen molar-refractivity contribution in [3.8, 4) is 0 Å². The van der Waals surface area contributed by atoms with Crippen LogP contribution in [0.3, 0.4) is 0 Å². The van der Waals surface area contributed by atoms with E-state index in [9.17, 15) is 9.18 Å². The fourth-order valence-electron chi connectivity index (χ4n) is 4.18. The first-order valence-electron chi connectivity index (χ1n) is 11.7. The van der Waals surface area contributed by atoms with Crippen LogP contribution in [0.5, 0.6) is 0 Å². The molecule has 0 fully saturated rings. The highest BCUT2D eigenvalue weighted by molar-refractivity contribution is 5.56. The van der Waals surface area contributed by atoms with Gasteiger partial charge in [0.1, 0.15) is 18.2 Å². The molecule has 1 aliphatic carbocycles. The highest BCUT2D eigenvalue weighted by atomic mass is 19.1. The van der Waals surface area contributed by atoms with Crippen LogP contribution in [0.1, 0.15) is 74.4 Å². The minimum atomic E-state index is -0.358. The molecule has 2 aromatic rings. The molecule has 0 spiro atoms. The normalized spacial score (nSPS) is 17.6. The summed E-state index contributed by atoms with van der Waals surface area (Å²) in [6, 6.07) is 12.1. The molecule has 176 valence electrons. The van der Waals surface area contributed by atoms with E-state index in [4.69, 9.17) is 4.74 Å². The van der Waals surface area contributed by atoms with Crippen molar-refractivity contribution in [3.63, 3.8) is 0 Å². The molecule has 3 unspecified atom stereocenters. The zero-order valence-electron chi connectivity index (χ0n) is 20.8. The van der Waals surface area contributed by atoms with Crippen molar-refractivity contribution in [1.82, 2.24) is 5.32 Å². The molecule has 0 saturated carbocycles. The first-order chi connectivity index (χ1) is 15.0. The highest BCUT2D eigenvalue weighted by Crippen LogP contribution is 2.30. The van der Waals surface area contributed by atoms with Gasteiger partial charge >= 0.3 is 0 Å². The lowest BCUT2D eigenvalue weighted by Gasteiger charge is -2.31. The van der Waals surface area contributed by atoms with Crippen LogP contribution in [0.15, 0.2) is 36.4 Å². The van der Waals surface area contributed by atoms with Gasteiger partial charge in [0, 0.05) is 18.5 Å². The lowest BCUT2D eigenvalue weighted by atomic mass is 9.86. The summed E-state index contributed by atoms with van der Waals surface area (Å²) in [6.07, 6.45) is 4.14. The third-order valence-corrected chi connectivity index (χ3v) is 5.67. The summed E-state index contributed by atoms with van der Waals surface area (Å²) in [5.41, 5.74) is 5.87. The van der Waals surface area contributed by atoms with E-state index in [0.29, 0.717) is 6.04 Å². The Bertz CT molecular complexity index is 837. The molecule has 0 bridgehead atoms. The second-order valence-electron chi connectivity index (χ2n) is 10.2. The SMILES string of the molecule is Cc1cc(C)cc(F)c1.Cc1ccc2c(c1)C(NCC(C)C(C=O)OC(C)(C)C)CCC2. The molecule has 1 aliphatic rings. The fraction of sp³-hybridized carbons (Fsp3) is 0.536. The van der Waals surface area contributed by atoms with Gasteiger partial charge in [-0.25, -0.2) is 4.39 Å². The van der Waals surface area contributed by atoms with Crippen molar-refractivity contribution in [3.05, 3.63) is 70.0 Å². The lowest BCUT2D eigenvalue weighted by molar-refractivity contribution is -0.133. The van der Waals surface area contributed by atoms with E-state index in [1.54, 1.807) is 0 Å². The molecule has 0 aromatic heterocycles. The summed E-state index contributed by atoms with van der Waals surface area (Å²) in [5.74, 6) is 0.00871. The molecule has 0 amide bonds. The van der Waals surface area contributed by atoms with Crippen molar-refractivity contribution in [2.45, 2.75) is 85.5 Å². The number of aryl methyl sites for hydroxylation is 4. The summed E-state index contributed by atoms with van der Waals surface area (Å²) in [4.78, 5) is 11.4. The molecule has 3 rings (SSSR count). The van der Waals surface area contributed by atoms with Gasteiger partial charge in [-0.1, -0.05) is 36.8 Å². The van der Waals surface area contributed by atoms with E-state index in [-0.39, 0.29) is 23.4 Å². The monoisotopic (exact) mass is 441 g/mol. The number of rotatable bonds is 6. The minimum absolute atomic E-state index is 0.146. The Kier molecular flexibility index (Phi) is 9.60. The van der Waals surface area contributed by atoms with Gasteiger partial charge in [0.05, 0.1) is 5.60 Å². The van der Waals surface area contributed by atoms with Gasteiger partial charge in [0.25, 0.3) is 0 Å². The molecule has 1 N–H and O–H groups in total. The molecular weight excluding hydrogens is 401 g/mol. The minimum Gasteiger partial charge on any atom is -0.365 e. The van der Waals surface area contributed by atoms with Crippen LogP contribution in [0, 0.1) is 32.5 Å². The predicted octanol–water partition coefficient (Wildman–Crippen LogP) is 6.42. The molecule has 0 aliphatic heterocycles. The summed E-state index contributed by atoms with van der Waals surface area (Å²) in [6.45, 7) is 14.8. The van der Waals surface area contributed by atoms with Crippen molar-refractivity contribution >= 4 is 6.29 Å². The lowest BCUT2D eigenvalue weighted by Crippen LogP contribution is -2.39. The Hall–Kier alpha value is -2.04. The van der Waals surface area contributed by atoms with Gasteiger partial charge in [-0.2, -0.15) is 0 Å². The molecule has 2 aromatic carbocycles. The average Bonchev–Trinajstić information content (AvgIpc) is 2.69. The van der Waals surface area contributed by atoms with E-state index >= 15 is 0 Å². The van der Waals surface area contributed by atoms with Gasteiger partial charge < -0.3 is 14.8 Å². The number of carbonyl (C=O) groups excluding carboxylic acids is 1. The van der Waals surface area contributed by atoms with Gasteiger partial charge in [-0.05, 0) is 95.2 Å². The third kappa shape index (κ3) is 8.48. The molecule has 3 nitrogen and oxygen atoms in total. The zero-order chi connectivity index (χ0) is 23.9. The third-order valence-electron chi connectivity index (χ3n) is 5.67. The first kappa shape index (κ1) is 26.2. The number of aldehydes is 1. The molecule has 0 saturated heterocycles. The standard InChI is InChI=1S/C20H31NO2.C8H9F/c1-14-9-10-16-7-6-8-18(17(16)11-14)21-12-15(2)19(13-22)23-20(3,4)5;1-6-3-7(2)5-8(9)4-6/h9-11,13,15,18-19,21H,6-8,12H2,1-5H3;3-5H,1-2H3. The van der Waals surface area contributed by atoms with Crippen molar-refractivity contribution in [2.24, 2.45) is 5.92 Å². The van der Waals surface area contributed by atoms with E-state index in [1.165, 1.54) is 41.7 Å². The number of ether oxygens (including phenoxy) is 1. The van der Waals surface area contributed by atoms with Crippen molar-refractivity contribution < 1.29 is 13.9 Å². The predicted molar refractivity (Wildman–Crippen MR) is 131 cm³/mol. The summed E-state index contributed by atoms with van der Waals surface area (Å²) >= 11 is 0.